The maximum atomic E-state index is 12.6. The average molecular weight is 253 g/mol. The molecule has 0 amide bonds. The third kappa shape index (κ3) is 2.22. The summed E-state index contributed by atoms with van der Waals surface area (Å²) in [5, 5.41) is 0. The molecule has 2 aliphatic heterocycles. The summed E-state index contributed by atoms with van der Waals surface area (Å²) in [5.74, 6) is 0.650. The lowest BCUT2D eigenvalue weighted by atomic mass is 9.78. The zero-order chi connectivity index (χ0) is 12.6. The van der Waals surface area contributed by atoms with Crippen molar-refractivity contribution in [1.82, 2.24) is 0 Å². The second-order valence-electron chi connectivity index (χ2n) is 6.13. The van der Waals surface area contributed by atoms with Crippen LogP contribution in [0.1, 0.15) is 38.5 Å². The Balaban J connectivity index is 1.66. The van der Waals surface area contributed by atoms with Gasteiger partial charge in [0.15, 0.2) is 0 Å². The molecule has 1 aliphatic carbocycles. The van der Waals surface area contributed by atoms with E-state index in [1.54, 1.807) is 0 Å². The predicted molar refractivity (Wildman–Crippen MR) is 67.2 cm³/mol. The van der Waals surface area contributed by atoms with Crippen LogP contribution in [0.4, 0.5) is 0 Å². The number of hydrogen-bond acceptors (Lipinski definition) is 4. The van der Waals surface area contributed by atoms with Crippen molar-refractivity contribution in [2.75, 3.05) is 19.8 Å². The van der Waals surface area contributed by atoms with Gasteiger partial charge in [0, 0.05) is 37.5 Å². The topological polar surface area (TPSA) is 61.6 Å². The van der Waals surface area contributed by atoms with Gasteiger partial charge in [-0.3, -0.25) is 4.79 Å². The van der Waals surface area contributed by atoms with E-state index >= 15 is 0 Å². The van der Waals surface area contributed by atoms with Gasteiger partial charge in [0.25, 0.3) is 0 Å². The Bertz CT molecular complexity index is 325. The lowest BCUT2D eigenvalue weighted by Gasteiger charge is -2.37. The zero-order valence-corrected chi connectivity index (χ0v) is 10.9. The van der Waals surface area contributed by atoms with E-state index in [2.05, 4.69) is 0 Å². The summed E-state index contributed by atoms with van der Waals surface area (Å²) in [6, 6.07) is 0.0936. The van der Waals surface area contributed by atoms with Gasteiger partial charge in [0.1, 0.15) is 5.78 Å². The van der Waals surface area contributed by atoms with Gasteiger partial charge >= 0.3 is 0 Å². The van der Waals surface area contributed by atoms with Crippen molar-refractivity contribution in [3.8, 4) is 0 Å². The van der Waals surface area contributed by atoms with E-state index in [9.17, 15) is 4.79 Å². The molecular weight excluding hydrogens is 230 g/mol. The Morgan fingerprint density at radius 1 is 1.22 bits per heavy atom. The van der Waals surface area contributed by atoms with Gasteiger partial charge in [-0.25, -0.2) is 0 Å². The van der Waals surface area contributed by atoms with E-state index < -0.39 is 0 Å². The average Bonchev–Trinajstić information content (AvgIpc) is 2.98. The van der Waals surface area contributed by atoms with Gasteiger partial charge in [-0.05, 0) is 25.7 Å². The zero-order valence-electron chi connectivity index (χ0n) is 10.9. The highest BCUT2D eigenvalue weighted by molar-refractivity contribution is 5.84. The molecule has 2 saturated heterocycles. The molecule has 2 heterocycles. The van der Waals surface area contributed by atoms with E-state index in [1.807, 2.05) is 0 Å². The SMILES string of the molecule is NC1CCCC1C(=O)C1CCOC2(CCOC2)C1. The normalized spacial score (nSPS) is 44.6. The molecule has 0 radical (unpaired) electrons. The van der Waals surface area contributed by atoms with Crippen molar-refractivity contribution in [2.24, 2.45) is 17.6 Å². The minimum Gasteiger partial charge on any atom is -0.378 e. The molecule has 1 spiro atoms. The lowest BCUT2D eigenvalue weighted by molar-refractivity contribution is -0.140. The standard InChI is InChI=1S/C14H23NO3/c15-12-3-1-2-11(12)13(16)10-4-6-18-14(8-10)5-7-17-9-14/h10-12H,1-9,15H2. The number of carbonyl (C=O) groups is 1. The van der Waals surface area contributed by atoms with Crippen LogP contribution in [0.25, 0.3) is 0 Å². The number of ether oxygens (including phenoxy) is 2. The fourth-order valence-corrected chi connectivity index (χ4v) is 3.78. The molecule has 3 aliphatic rings. The minimum absolute atomic E-state index is 0.0936. The highest BCUT2D eigenvalue weighted by Gasteiger charge is 2.45. The van der Waals surface area contributed by atoms with Crippen LogP contribution in [0.15, 0.2) is 0 Å². The minimum atomic E-state index is -0.165. The van der Waals surface area contributed by atoms with Crippen LogP contribution in [0.3, 0.4) is 0 Å². The molecule has 3 fully saturated rings. The molecule has 0 bridgehead atoms. The molecular formula is C14H23NO3. The Kier molecular flexibility index (Phi) is 3.43. The summed E-state index contributed by atoms with van der Waals surface area (Å²) in [7, 11) is 0. The predicted octanol–water partition coefficient (Wildman–Crippen LogP) is 1.27. The first-order chi connectivity index (χ1) is 8.70. The van der Waals surface area contributed by atoms with Crippen molar-refractivity contribution in [1.29, 1.82) is 0 Å². The van der Waals surface area contributed by atoms with E-state index in [0.29, 0.717) is 19.0 Å². The number of Topliss-reactive ketones (excluding diaryl/α,β-unsaturated/α-hetero) is 1. The lowest BCUT2D eigenvalue weighted by Crippen LogP contribution is -2.45. The van der Waals surface area contributed by atoms with Crippen LogP contribution in [0.5, 0.6) is 0 Å². The van der Waals surface area contributed by atoms with Crippen LogP contribution in [-0.4, -0.2) is 37.2 Å². The third-order valence-corrected chi connectivity index (χ3v) is 4.90. The molecule has 0 aromatic heterocycles. The first kappa shape index (κ1) is 12.6. The Morgan fingerprint density at radius 3 is 2.78 bits per heavy atom. The van der Waals surface area contributed by atoms with Crippen molar-refractivity contribution in [2.45, 2.75) is 50.2 Å². The van der Waals surface area contributed by atoms with Crippen LogP contribution < -0.4 is 5.73 Å². The maximum absolute atomic E-state index is 12.6. The molecule has 4 unspecified atom stereocenters. The van der Waals surface area contributed by atoms with Gasteiger partial charge < -0.3 is 15.2 Å². The van der Waals surface area contributed by atoms with Gasteiger partial charge in [0.05, 0.1) is 12.2 Å². The van der Waals surface area contributed by atoms with E-state index in [4.69, 9.17) is 15.2 Å². The summed E-state index contributed by atoms with van der Waals surface area (Å²) in [6.07, 6.45) is 5.75. The van der Waals surface area contributed by atoms with E-state index in [-0.39, 0.29) is 23.5 Å². The van der Waals surface area contributed by atoms with Gasteiger partial charge in [-0.1, -0.05) is 6.42 Å². The van der Waals surface area contributed by atoms with Gasteiger partial charge in [-0.15, -0.1) is 0 Å². The highest BCUT2D eigenvalue weighted by Crippen LogP contribution is 2.38. The fourth-order valence-electron chi connectivity index (χ4n) is 3.78. The second kappa shape index (κ2) is 4.91. The quantitative estimate of drug-likeness (QED) is 0.805. The molecule has 18 heavy (non-hydrogen) atoms. The smallest absolute Gasteiger partial charge is 0.140 e. The van der Waals surface area contributed by atoms with E-state index in [1.165, 1.54) is 0 Å². The number of nitrogens with two attached hydrogens (primary N) is 1. The number of ketones is 1. The molecule has 3 rings (SSSR count). The number of carbonyl (C=O) groups excluding carboxylic acids is 1. The second-order valence-corrected chi connectivity index (χ2v) is 6.13. The summed E-state index contributed by atoms with van der Waals surface area (Å²) in [5.41, 5.74) is 5.89. The maximum Gasteiger partial charge on any atom is 0.140 e. The molecule has 0 aromatic carbocycles. The molecule has 1 saturated carbocycles. The molecule has 102 valence electrons. The van der Waals surface area contributed by atoms with Gasteiger partial charge in [-0.2, -0.15) is 0 Å². The van der Waals surface area contributed by atoms with Gasteiger partial charge in [0.2, 0.25) is 0 Å². The van der Waals surface area contributed by atoms with Crippen molar-refractivity contribution in [3.63, 3.8) is 0 Å². The van der Waals surface area contributed by atoms with Crippen molar-refractivity contribution in [3.05, 3.63) is 0 Å². The highest BCUT2D eigenvalue weighted by atomic mass is 16.6. The fraction of sp³-hybridized carbons (Fsp3) is 0.929. The van der Waals surface area contributed by atoms with E-state index in [0.717, 1.165) is 45.1 Å². The van der Waals surface area contributed by atoms with Crippen LogP contribution >= 0.6 is 0 Å². The first-order valence-electron chi connectivity index (χ1n) is 7.21. The molecule has 0 aromatic rings. The van der Waals surface area contributed by atoms with Crippen LogP contribution in [0, 0.1) is 11.8 Å². The van der Waals surface area contributed by atoms with Crippen molar-refractivity contribution >= 4 is 5.78 Å². The Hall–Kier alpha value is -0.450. The summed E-state index contributed by atoms with van der Waals surface area (Å²) >= 11 is 0. The third-order valence-electron chi connectivity index (χ3n) is 4.90. The molecule has 2 N–H and O–H groups in total. The van der Waals surface area contributed by atoms with Crippen LogP contribution in [0.2, 0.25) is 0 Å². The van der Waals surface area contributed by atoms with Crippen LogP contribution in [-0.2, 0) is 14.3 Å². The summed E-state index contributed by atoms with van der Waals surface area (Å²) in [4.78, 5) is 12.6. The van der Waals surface area contributed by atoms with Crippen molar-refractivity contribution < 1.29 is 14.3 Å². The largest absolute Gasteiger partial charge is 0.378 e. The summed E-state index contributed by atoms with van der Waals surface area (Å²) < 4.78 is 11.3. The Morgan fingerprint density at radius 2 is 2.11 bits per heavy atom. The summed E-state index contributed by atoms with van der Waals surface area (Å²) in [6.45, 7) is 2.12. The number of hydrogen-bond donors (Lipinski definition) is 1. The Labute approximate surface area is 108 Å². The molecule has 4 atom stereocenters. The monoisotopic (exact) mass is 253 g/mol. The molecule has 4 nitrogen and oxygen atoms in total. The first-order valence-corrected chi connectivity index (χ1v) is 7.21. The number of rotatable bonds is 2. The molecule has 4 heteroatoms.